The van der Waals surface area contributed by atoms with E-state index >= 15 is 0 Å². The van der Waals surface area contributed by atoms with Crippen molar-refractivity contribution < 1.29 is 17.9 Å². The predicted octanol–water partition coefficient (Wildman–Crippen LogP) is 5.18. The molecule has 202 valence electrons. The minimum Gasteiger partial charge on any atom is -0.457 e. The molecule has 0 radical (unpaired) electrons. The lowest BCUT2D eigenvalue weighted by molar-refractivity contribution is 0.112. The van der Waals surface area contributed by atoms with Gasteiger partial charge in [0.1, 0.15) is 11.5 Å². The number of carbonyl (C=O) groups excluding carboxylic acids is 1. The van der Waals surface area contributed by atoms with Gasteiger partial charge in [-0.05, 0) is 80.5 Å². The van der Waals surface area contributed by atoms with Crippen LogP contribution in [0.1, 0.15) is 57.4 Å². The number of rotatable bonds is 11. The van der Waals surface area contributed by atoms with E-state index in [4.69, 9.17) is 4.74 Å². The highest BCUT2D eigenvalue weighted by Gasteiger charge is 2.29. The number of hydrogen-bond acceptors (Lipinski definition) is 5. The Morgan fingerprint density at radius 1 is 1.00 bits per heavy atom. The molecule has 1 aliphatic carbocycles. The van der Waals surface area contributed by atoms with Gasteiger partial charge >= 0.3 is 6.03 Å². The average Bonchev–Trinajstić information content (AvgIpc) is 2.84. The number of piperidine rings is 1. The molecule has 2 aromatic rings. The Morgan fingerprint density at radius 3 is 2.16 bits per heavy atom. The second kappa shape index (κ2) is 12.6. The third-order valence-corrected chi connectivity index (χ3v) is 7.77. The SMILES string of the molecule is CCCCN(C(=O)NC1CCC1)C1CCN(Cc2ccc(Oc3ccc(NS(C)(=O)=O)cc3)cc2)CC1. The Balaban J connectivity index is 1.25. The Bertz CT molecular complexity index is 1110. The van der Waals surface area contributed by atoms with Crippen molar-refractivity contribution in [1.29, 1.82) is 0 Å². The van der Waals surface area contributed by atoms with Gasteiger partial charge in [0.25, 0.3) is 0 Å². The zero-order valence-electron chi connectivity index (χ0n) is 22.0. The summed E-state index contributed by atoms with van der Waals surface area (Å²) in [4.78, 5) is 17.5. The number of ether oxygens (including phenoxy) is 1. The molecular weight excluding hydrogens is 488 g/mol. The van der Waals surface area contributed by atoms with Crippen LogP contribution in [0.4, 0.5) is 10.5 Å². The normalized spacial score (nSPS) is 17.1. The van der Waals surface area contributed by atoms with E-state index in [0.717, 1.165) is 76.7 Å². The highest BCUT2D eigenvalue weighted by atomic mass is 32.2. The van der Waals surface area contributed by atoms with Crippen LogP contribution in [0.15, 0.2) is 48.5 Å². The fourth-order valence-corrected chi connectivity index (χ4v) is 5.40. The molecule has 0 atom stereocenters. The highest BCUT2D eigenvalue weighted by molar-refractivity contribution is 7.92. The summed E-state index contributed by atoms with van der Waals surface area (Å²) < 4.78 is 31.0. The fraction of sp³-hybridized carbons (Fsp3) is 0.536. The fourth-order valence-electron chi connectivity index (χ4n) is 4.84. The monoisotopic (exact) mass is 528 g/mol. The van der Waals surface area contributed by atoms with E-state index in [2.05, 4.69) is 38.9 Å². The van der Waals surface area contributed by atoms with Gasteiger partial charge in [-0.1, -0.05) is 25.5 Å². The molecule has 0 unspecified atom stereocenters. The number of nitrogens with zero attached hydrogens (tertiary/aromatic N) is 2. The predicted molar refractivity (Wildman–Crippen MR) is 148 cm³/mol. The number of sulfonamides is 1. The van der Waals surface area contributed by atoms with Crippen molar-refractivity contribution in [2.75, 3.05) is 30.6 Å². The number of likely N-dealkylation sites (tertiary alicyclic amines) is 1. The number of carbonyl (C=O) groups is 1. The Kier molecular flexibility index (Phi) is 9.32. The van der Waals surface area contributed by atoms with E-state index in [1.165, 1.54) is 12.0 Å². The van der Waals surface area contributed by atoms with Crippen LogP contribution in [0.3, 0.4) is 0 Å². The van der Waals surface area contributed by atoms with Gasteiger partial charge in [0, 0.05) is 44.0 Å². The maximum absolute atomic E-state index is 12.9. The van der Waals surface area contributed by atoms with E-state index in [9.17, 15) is 13.2 Å². The number of anilines is 1. The quantitative estimate of drug-likeness (QED) is 0.419. The van der Waals surface area contributed by atoms with E-state index in [0.29, 0.717) is 23.5 Å². The van der Waals surface area contributed by atoms with E-state index in [1.807, 2.05) is 12.1 Å². The molecule has 2 fully saturated rings. The lowest BCUT2D eigenvalue weighted by Gasteiger charge is -2.40. The van der Waals surface area contributed by atoms with Crippen molar-refractivity contribution in [2.24, 2.45) is 0 Å². The standard InChI is InChI=1S/C28H40N4O4S/c1-3-4-18-32(28(33)29-23-6-5-7-23)25-16-19-31(20-17-25)21-22-8-12-26(13-9-22)36-27-14-10-24(11-15-27)30-37(2,34)35/h8-15,23,25,30H,3-7,16-21H2,1-2H3,(H,29,33). The minimum absolute atomic E-state index is 0.133. The Hall–Kier alpha value is -2.78. The third kappa shape index (κ3) is 8.36. The summed E-state index contributed by atoms with van der Waals surface area (Å²) in [6.45, 7) is 5.86. The van der Waals surface area contributed by atoms with Crippen LogP contribution in [0.5, 0.6) is 11.5 Å². The average molecular weight is 529 g/mol. The van der Waals surface area contributed by atoms with Crippen molar-refractivity contribution in [1.82, 2.24) is 15.1 Å². The second-order valence-corrected chi connectivity index (χ2v) is 12.0. The van der Waals surface area contributed by atoms with Crippen molar-refractivity contribution in [3.8, 4) is 11.5 Å². The molecule has 1 saturated carbocycles. The number of unbranched alkanes of at least 4 members (excludes halogenated alkanes) is 1. The molecule has 2 aliphatic rings. The molecule has 2 amide bonds. The molecule has 2 N–H and O–H groups in total. The van der Waals surface area contributed by atoms with Crippen LogP contribution in [-0.4, -0.2) is 62.2 Å². The molecule has 8 nitrogen and oxygen atoms in total. The molecule has 4 rings (SSSR count). The highest BCUT2D eigenvalue weighted by Crippen LogP contribution is 2.25. The van der Waals surface area contributed by atoms with Crippen LogP contribution in [0, 0.1) is 0 Å². The van der Waals surface area contributed by atoms with Gasteiger partial charge in [-0.15, -0.1) is 0 Å². The topological polar surface area (TPSA) is 91.0 Å². The first-order valence-electron chi connectivity index (χ1n) is 13.4. The van der Waals surface area contributed by atoms with Gasteiger partial charge in [-0.2, -0.15) is 0 Å². The first kappa shape index (κ1) is 27.3. The smallest absolute Gasteiger partial charge is 0.317 e. The molecule has 0 bridgehead atoms. The van der Waals surface area contributed by atoms with Crippen LogP contribution in [-0.2, 0) is 16.6 Å². The van der Waals surface area contributed by atoms with E-state index in [-0.39, 0.29) is 6.03 Å². The Labute approximate surface area is 221 Å². The number of hydrogen-bond donors (Lipinski definition) is 2. The van der Waals surface area contributed by atoms with Gasteiger partial charge in [0.15, 0.2) is 0 Å². The first-order valence-corrected chi connectivity index (χ1v) is 15.3. The summed E-state index contributed by atoms with van der Waals surface area (Å²) in [5.41, 5.74) is 1.73. The van der Waals surface area contributed by atoms with Crippen molar-refractivity contribution in [3.05, 3.63) is 54.1 Å². The van der Waals surface area contributed by atoms with Crippen LogP contribution >= 0.6 is 0 Å². The summed E-state index contributed by atoms with van der Waals surface area (Å²) in [6, 6.07) is 15.7. The summed E-state index contributed by atoms with van der Waals surface area (Å²) in [6.07, 6.45) is 8.74. The lowest BCUT2D eigenvalue weighted by atomic mass is 9.93. The summed E-state index contributed by atoms with van der Waals surface area (Å²) in [5.74, 6) is 1.37. The van der Waals surface area contributed by atoms with Gasteiger partial charge in [0.05, 0.1) is 6.26 Å². The Morgan fingerprint density at radius 2 is 1.62 bits per heavy atom. The van der Waals surface area contributed by atoms with Crippen LogP contribution in [0.25, 0.3) is 0 Å². The molecule has 0 spiro atoms. The number of benzene rings is 2. The molecule has 9 heteroatoms. The zero-order valence-corrected chi connectivity index (χ0v) is 22.8. The van der Waals surface area contributed by atoms with Gasteiger partial charge in [-0.3, -0.25) is 9.62 Å². The molecule has 1 heterocycles. The third-order valence-electron chi connectivity index (χ3n) is 7.17. The van der Waals surface area contributed by atoms with Crippen molar-refractivity contribution in [2.45, 2.75) is 70.5 Å². The maximum Gasteiger partial charge on any atom is 0.317 e. The van der Waals surface area contributed by atoms with Gasteiger partial charge in [-0.25, -0.2) is 13.2 Å². The van der Waals surface area contributed by atoms with Gasteiger partial charge < -0.3 is 15.0 Å². The molecule has 37 heavy (non-hydrogen) atoms. The van der Waals surface area contributed by atoms with Gasteiger partial charge in [0.2, 0.25) is 10.0 Å². The molecule has 0 aromatic heterocycles. The summed E-state index contributed by atoms with van der Waals surface area (Å²) in [5, 5.41) is 3.24. The van der Waals surface area contributed by atoms with E-state index < -0.39 is 10.0 Å². The minimum atomic E-state index is -3.30. The number of urea groups is 1. The largest absolute Gasteiger partial charge is 0.457 e. The zero-order chi connectivity index (χ0) is 26.3. The molecule has 1 aliphatic heterocycles. The van der Waals surface area contributed by atoms with E-state index in [1.54, 1.807) is 24.3 Å². The number of nitrogens with one attached hydrogen (secondary N) is 2. The molecule has 2 aromatic carbocycles. The van der Waals surface area contributed by atoms with Crippen molar-refractivity contribution >= 4 is 21.7 Å². The number of amides is 2. The second-order valence-electron chi connectivity index (χ2n) is 10.3. The van der Waals surface area contributed by atoms with Crippen LogP contribution < -0.4 is 14.8 Å². The van der Waals surface area contributed by atoms with Crippen LogP contribution in [0.2, 0.25) is 0 Å². The summed E-state index contributed by atoms with van der Waals surface area (Å²) in [7, 11) is -3.30. The van der Waals surface area contributed by atoms with Crippen molar-refractivity contribution in [3.63, 3.8) is 0 Å². The molecule has 1 saturated heterocycles. The lowest BCUT2D eigenvalue weighted by Crippen LogP contribution is -2.53. The molecular formula is C28H40N4O4S. The summed E-state index contributed by atoms with van der Waals surface area (Å²) >= 11 is 0. The first-order chi connectivity index (χ1) is 17.8. The maximum atomic E-state index is 12.9.